The molecule has 0 aromatic heterocycles. The lowest BCUT2D eigenvalue weighted by Gasteiger charge is -2.25. The van der Waals surface area contributed by atoms with Crippen LogP contribution in [-0.4, -0.2) is 18.4 Å². The zero-order valence-corrected chi connectivity index (χ0v) is 16.7. The number of fused-ring (bicyclic) bond motifs is 1. The molecule has 150 valence electrons. The Kier molecular flexibility index (Phi) is 7.16. The number of carbonyl (C=O) groups is 2. The van der Waals surface area contributed by atoms with Gasteiger partial charge in [0.15, 0.2) is 0 Å². The number of benzene rings is 2. The van der Waals surface area contributed by atoms with E-state index in [2.05, 4.69) is 24.5 Å². The van der Waals surface area contributed by atoms with Gasteiger partial charge in [0.2, 0.25) is 11.8 Å². The van der Waals surface area contributed by atoms with Crippen molar-refractivity contribution >= 4 is 29.9 Å². The fourth-order valence-electron chi connectivity index (χ4n) is 3.25. The number of rotatable bonds is 5. The highest BCUT2D eigenvalue weighted by molar-refractivity contribution is 6.01. The summed E-state index contributed by atoms with van der Waals surface area (Å²) in [6.45, 7) is 4.51. The number of nitrogens with two attached hydrogens (primary N) is 1. The maximum absolute atomic E-state index is 13.4. The van der Waals surface area contributed by atoms with Crippen LogP contribution in [0, 0.1) is 5.82 Å². The van der Waals surface area contributed by atoms with Crippen molar-refractivity contribution in [2.24, 2.45) is 5.73 Å². The van der Waals surface area contributed by atoms with Gasteiger partial charge in [0.25, 0.3) is 0 Å². The van der Waals surface area contributed by atoms with E-state index in [0.29, 0.717) is 17.2 Å². The average molecular weight is 406 g/mol. The second kappa shape index (κ2) is 9.17. The topological polar surface area (TPSA) is 84.2 Å². The number of amides is 2. The summed E-state index contributed by atoms with van der Waals surface area (Å²) >= 11 is 0. The van der Waals surface area contributed by atoms with Crippen molar-refractivity contribution in [2.75, 3.05) is 11.9 Å². The Bertz CT molecular complexity index is 855. The number of hydrogen-bond donors (Lipinski definition) is 3. The van der Waals surface area contributed by atoms with Crippen molar-refractivity contribution in [3.8, 4) is 0 Å². The third-order valence-electron chi connectivity index (χ3n) is 4.90. The second-order valence-electron chi connectivity index (χ2n) is 7.21. The SMILES string of the molecule is CC(C)c1ccc(C(N)CNC(=O)C2CC(=O)Nc3cc(F)ccc32)cc1.Cl. The van der Waals surface area contributed by atoms with Crippen molar-refractivity contribution in [3.63, 3.8) is 0 Å². The fraction of sp³-hybridized carbons (Fsp3) is 0.333. The summed E-state index contributed by atoms with van der Waals surface area (Å²) in [5.74, 6) is -1.25. The highest BCUT2D eigenvalue weighted by Crippen LogP contribution is 2.32. The van der Waals surface area contributed by atoms with Gasteiger partial charge in [-0.1, -0.05) is 44.2 Å². The number of halogens is 2. The van der Waals surface area contributed by atoms with E-state index < -0.39 is 11.7 Å². The molecule has 1 aliphatic rings. The molecule has 28 heavy (non-hydrogen) atoms. The molecule has 7 heteroatoms. The van der Waals surface area contributed by atoms with Gasteiger partial charge in [-0.3, -0.25) is 9.59 Å². The molecule has 1 aliphatic heterocycles. The Morgan fingerprint density at radius 3 is 2.50 bits per heavy atom. The predicted octanol–water partition coefficient (Wildman–Crippen LogP) is 3.61. The molecule has 2 unspecified atom stereocenters. The van der Waals surface area contributed by atoms with E-state index in [1.54, 1.807) is 6.07 Å². The average Bonchev–Trinajstić information content (AvgIpc) is 2.64. The molecule has 5 nitrogen and oxygen atoms in total. The molecular weight excluding hydrogens is 381 g/mol. The van der Waals surface area contributed by atoms with E-state index in [9.17, 15) is 14.0 Å². The molecule has 0 radical (unpaired) electrons. The van der Waals surface area contributed by atoms with Gasteiger partial charge in [-0.15, -0.1) is 12.4 Å². The molecule has 3 rings (SSSR count). The Balaban J connectivity index is 0.00000280. The molecular formula is C21H25ClFN3O2. The Labute approximate surface area is 170 Å². The molecule has 2 aromatic rings. The fourth-order valence-corrected chi connectivity index (χ4v) is 3.25. The van der Waals surface area contributed by atoms with Gasteiger partial charge < -0.3 is 16.4 Å². The standard InChI is InChI=1S/C21H24FN3O2.ClH/c1-12(2)13-3-5-14(6-4-13)18(23)11-24-21(27)17-10-20(26)25-19-9-15(22)7-8-16(17)19;/h3-9,12,17-18H,10-11,23H2,1-2H3,(H,24,27)(H,25,26);1H. The first-order chi connectivity index (χ1) is 12.8. The Morgan fingerprint density at radius 2 is 1.86 bits per heavy atom. The number of carbonyl (C=O) groups excluding carboxylic acids is 2. The largest absolute Gasteiger partial charge is 0.354 e. The van der Waals surface area contributed by atoms with E-state index in [1.807, 2.05) is 24.3 Å². The van der Waals surface area contributed by atoms with E-state index in [0.717, 1.165) is 5.56 Å². The molecule has 0 fully saturated rings. The van der Waals surface area contributed by atoms with E-state index in [1.165, 1.54) is 17.7 Å². The summed E-state index contributed by atoms with van der Waals surface area (Å²) < 4.78 is 13.4. The number of anilines is 1. The van der Waals surface area contributed by atoms with Crippen LogP contribution in [0.3, 0.4) is 0 Å². The Morgan fingerprint density at radius 1 is 1.21 bits per heavy atom. The first-order valence-corrected chi connectivity index (χ1v) is 9.07. The minimum Gasteiger partial charge on any atom is -0.354 e. The molecule has 4 N–H and O–H groups in total. The van der Waals surface area contributed by atoms with Gasteiger partial charge in [0.1, 0.15) is 5.82 Å². The zero-order valence-electron chi connectivity index (χ0n) is 15.9. The van der Waals surface area contributed by atoms with Gasteiger partial charge in [0, 0.05) is 24.7 Å². The second-order valence-corrected chi connectivity index (χ2v) is 7.21. The summed E-state index contributed by atoms with van der Waals surface area (Å²) in [6.07, 6.45) is 0.0305. The molecule has 0 aliphatic carbocycles. The van der Waals surface area contributed by atoms with Crippen molar-refractivity contribution in [2.45, 2.75) is 38.1 Å². The molecule has 2 atom stereocenters. The molecule has 0 bridgehead atoms. The van der Waals surface area contributed by atoms with Crippen LogP contribution in [0.4, 0.5) is 10.1 Å². The lowest BCUT2D eigenvalue weighted by molar-refractivity contribution is -0.126. The smallest absolute Gasteiger partial charge is 0.228 e. The molecule has 0 spiro atoms. The van der Waals surface area contributed by atoms with E-state index >= 15 is 0 Å². The zero-order chi connectivity index (χ0) is 19.6. The third kappa shape index (κ3) is 4.88. The van der Waals surface area contributed by atoms with Gasteiger partial charge in [-0.25, -0.2) is 4.39 Å². The summed E-state index contributed by atoms with van der Waals surface area (Å²) in [6, 6.07) is 11.7. The maximum atomic E-state index is 13.4. The van der Waals surface area contributed by atoms with Crippen LogP contribution in [-0.2, 0) is 9.59 Å². The maximum Gasteiger partial charge on any atom is 0.228 e. The quantitative estimate of drug-likeness (QED) is 0.710. The van der Waals surface area contributed by atoms with Crippen LogP contribution in [0.25, 0.3) is 0 Å². The highest BCUT2D eigenvalue weighted by atomic mass is 35.5. The van der Waals surface area contributed by atoms with Crippen LogP contribution in [0.5, 0.6) is 0 Å². The lowest BCUT2D eigenvalue weighted by atomic mass is 9.89. The monoisotopic (exact) mass is 405 g/mol. The minimum atomic E-state index is -0.648. The van der Waals surface area contributed by atoms with E-state index in [4.69, 9.17) is 5.73 Å². The molecule has 1 heterocycles. The van der Waals surface area contributed by atoms with Crippen molar-refractivity contribution in [1.82, 2.24) is 5.32 Å². The molecule has 0 saturated carbocycles. The number of hydrogen-bond acceptors (Lipinski definition) is 3. The van der Waals surface area contributed by atoms with Gasteiger partial charge in [-0.05, 0) is 34.7 Å². The van der Waals surface area contributed by atoms with E-state index in [-0.39, 0.29) is 43.2 Å². The van der Waals surface area contributed by atoms with Crippen molar-refractivity contribution in [1.29, 1.82) is 0 Å². The Hall–Kier alpha value is -2.44. The van der Waals surface area contributed by atoms with Crippen LogP contribution < -0.4 is 16.4 Å². The lowest BCUT2D eigenvalue weighted by Crippen LogP contribution is -2.38. The van der Waals surface area contributed by atoms with Crippen molar-refractivity contribution < 1.29 is 14.0 Å². The van der Waals surface area contributed by atoms with Crippen LogP contribution in [0.2, 0.25) is 0 Å². The minimum absolute atomic E-state index is 0. The predicted molar refractivity (Wildman–Crippen MR) is 110 cm³/mol. The summed E-state index contributed by atoms with van der Waals surface area (Å²) in [4.78, 5) is 24.5. The first-order valence-electron chi connectivity index (χ1n) is 9.07. The third-order valence-corrected chi connectivity index (χ3v) is 4.90. The molecule has 2 aromatic carbocycles. The first kappa shape index (κ1) is 21.9. The summed E-state index contributed by atoms with van der Waals surface area (Å²) in [5, 5.41) is 5.43. The highest BCUT2D eigenvalue weighted by Gasteiger charge is 2.31. The van der Waals surface area contributed by atoms with Gasteiger partial charge >= 0.3 is 0 Å². The van der Waals surface area contributed by atoms with Crippen molar-refractivity contribution in [3.05, 3.63) is 65.0 Å². The number of nitrogens with one attached hydrogen (secondary N) is 2. The molecule has 2 amide bonds. The van der Waals surface area contributed by atoms with Gasteiger partial charge in [0.05, 0.1) is 5.92 Å². The molecule has 0 saturated heterocycles. The van der Waals surface area contributed by atoms with Crippen LogP contribution in [0.15, 0.2) is 42.5 Å². The summed E-state index contributed by atoms with van der Waals surface area (Å²) in [5.41, 5.74) is 9.32. The van der Waals surface area contributed by atoms with Crippen LogP contribution in [0.1, 0.15) is 54.8 Å². The van der Waals surface area contributed by atoms with Gasteiger partial charge in [-0.2, -0.15) is 0 Å². The normalized spacial score (nSPS) is 16.6. The summed E-state index contributed by atoms with van der Waals surface area (Å²) in [7, 11) is 0. The van der Waals surface area contributed by atoms with Crippen LogP contribution >= 0.6 is 12.4 Å².